The number of para-hydroxylation sites is 1. The number of ether oxygens (including phenoxy) is 1. The second-order valence-electron chi connectivity index (χ2n) is 4.12. The minimum absolute atomic E-state index is 0.314. The fourth-order valence-corrected chi connectivity index (χ4v) is 2.73. The van der Waals surface area contributed by atoms with Gasteiger partial charge in [-0.05, 0) is 28.1 Å². The van der Waals surface area contributed by atoms with E-state index in [1.807, 2.05) is 36.4 Å². The standard InChI is InChI=1S/C14H10BrNO2/c15-10-6-3-5-9-12(10)14(17)18-13(9)8-4-1-2-7-11(8)16/h1-7,13H,16H2. The van der Waals surface area contributed by atoms with Gasteiger partial charge in [0.2, 0.25) is 0 Å². The molecule has 1 atom stereocenters. The van der Waals surface area contributed by atoms with Gasteiger partial charge in [0.05, 0.1) is 5.56 Å². The molecule has 1 unspecified atom stereocenters. The summed E-state index contributed by atoms with van der Waals surface area (Å²) in [6.07, 6.45) is -0.411. The zero-order chi connectivity index (χ0) is 12.7. The average molecular weight is 304 g/mol. The Morgan fingerprint density at radius 2 is 1.78 bits per heavy atom. The minimum Gasteiger partial charge on any atom is -0.449 e. The molecule has 0 fully saturated rings. The van der Waals surface area contributed by atoms with E-state index in [0.29, 0.717) is 11.3 Å². The van der Waals surface area contributed by atoms with Crippen LogP contribution in [0.5, 0.6) is 0 Å². The molecule has 0 saturated carbocycles. The van der Waals surface area contributed by atoms with E-state index in [-0.39, 0.29) is 5.97 Å². The lowest BCUT2D eigenvalue weighted by Gasteiger charge is -2.13. The summed E-state index contributed by atoms with van der Waals surface area (Å²) >= 11 is 3.37. The fourth-order valence-electron chi connectivity index (χ4n) is 2.18. The van der Waals surface area contributed by atoms with Gasteiger partial charge in [0, 0.05) is 21.3 Å². The van der Waals surface area contributed by atoms with Crippen molar-refractivity contribution in [3.05, 3.63) is 63.6 Å². The molecular weight excluding hydrogens is 294 g/mol. The Morgan fingerprint density at radius 3 is 2.56 bits per heavy atom. The van der Waals surface area contributed by atoms with E-state index in [4.69, 9.17) is 10.5 Å². The molecular formula is C14H10BrNO2. The first-order valence-corrected chi connectivity index (χ1v) is 6.31. The summed E-state index contributed by atoms with van der Waals surface area (Å²) in [6, 6.07) is 13.0. The number of benzene rings is 2. The van der Waals surface area contributed by atoms with Crippen LogP contribution in [0.3, 0.4) is 0 Å². The zero-order valence-electron chi connectivity index (χ0n) is 9.39. The highest BCUT2D eigenvalue weighted by Gasteiger charge is 2.34. The maximum atomic E-state index is 11.9. The average Bonchev–Trinajstić information content (AvgIpc) is 2.69. The summed E-state index contributed by atoms with van der Waals surface area (Å²) in [7, 11) is 0. The number of rotatable bonds is 1. The molecule has 1 heterocycles. The van der Waals surface area contributed by atoms with Crippen LogP contribution in [0.4, 0.5) is 5.69 Å². The van der Waals surface area contributed by atoms with Gasteiger partial charge >= 0.3 is 5.97 Å². The number of esters is 1. The third-order valence-electron chi connectivity index (χ3n) is 3.04. The van der Waals surface area contributed by atoms with Crippen molar-refractivity contribution in [3.63, 3.8) is 0 Å². The molecule has 0 amide bonds. The van der Waals surface area contributed by atoms with Crippen molar-refractivity contribution in [2.45, 2.75) is 6.10 Å². The lowest BCUT2D eigenvalue weighted by Crippen LogP contribution is -2.04. The number of nitrogens with two attached hydrogens (primary N) is 1. The van der Waals surface area contributed by atoms with Crippen molar-refractivity contribution in [2.24, 2.45) is 0 Å². The number of anilines is 1. The van der Waals surface area contributed by atoms with Crippen molar-refractivity contribution in [1.82, 2.24) is 0 Å². The SMILES string of the molecule is Nc1ccccc1C1OC(=O)c2c(Br)cccc21. The number of hydrogen-bond donors (Lipinski definition) is 1. The van der Waals surface area contributed by atoms with Crippen molar-refractivity contribution in [3.8, 4) is 0 Å². The smallest absolute Gasteiger partial charge is 0.340 e. The van der Waals surface area contributed by atoms with Gasteiger partial charge in [-0.1, -0.05) is 30.3 Å². The Morgan fingerprint density at radius 1 is 1.06 bits per heavy atom. The Labute approximate surface area is 113 Å². The van der Waals surface area contributed by atoms with Gasteiger partial charge < -0.3 is 10.5 Å². The summed E-state index contributed by atoms with van der Waals surface area (Å²) in [6.45, 7) is 0. The van der Waals surface area contributed by atoms with Gasteiger partial charge in [-0.3, -0.25) is 0 Å². The van der Waals surface area contributed by atoms with Crippen LogP contribution in [0.2, 0.25) is 0 Å². The van der Waals surface area contributed by atoms with Gasteiger partial charge in [0.25, 0.3) is 0 Å². The van der Waals surface area contributed by atoms with Crippen LogP contribution >= 0.6 is 15.9 Å². The first-order chi connectivity index (χ1) is 8.68. The quantitative estimate of drug-likeness (QED) is 0.649. The van der Waals surface area contributed by atoms with E-state index in [9.17, 15) is 4.79 Å². The summed E-state index contributed by atoms with van der Waals surface area (Å²) in [4.78, 5) is 11.9. The van der Waals surface area contributed by atoms with E-state index in [0.717, 1.165) is 15.6 Å². The van der Waals surface area contributed by atoms with Crippen LogP contribution in [0.25, 0.3) is 0 Å². The Hall–Kier alpha value is -1.81. The number of halogens is 1. The molecule has 2 aromatic rings. The third-order valence-corrected chi connectivity index (χ3v) is 3.70. The molecule has 3 rings (SSSR count). The molecule has 3 nitrogen and oxygen atoms in total. The molecule has 2 aromatic carbocycles. The van der Waals surface area contributed by atoms with Crippen molar-refractivity contribution >= 4 is 27.6 Å². The predicted molar refractivity (Wildman–Crippen MR) is 72.3 cm³/mol. The van der Waals surface area contributed by atoms with Crippen LogP contribution in [-0.2, 0) is 4.74 Å². The van der Waals surface area contributed by atoms with Crippen molar-refractivity contribution < 1.29 is 9.53 Å². The van der Waals surface area contributed by atoms with Crippen LogP contribution in [0, 0.1) is 0 Å². The van der Waals surface area contributed by atoms with Crippen LogP contribution in [0.15, 0.2) is 46.9 Å². The fraction of sp³-hybridized carbons (Fsp3) is 0.0714. The molecule has 0 bridgehead atoms. The molecule has 4 heteroatoms. The summed E-state index contributed by atoms with van der Waals surface area (Å²) in [5.41, 5.74) is 8.83. The number of nitrogen functional groups attached to an aromatic ring is 1. The topological polar surface area (TPSA) is 52.3 Å². The van der Waals surface area contributed by atoms with Gasteiger partial charge in [0.15, 0.2) is 6.10 Å². The molecule has 18 heavy (non-hydrogen) atoms. The van der Waals surface area contributed by atoms with Gasteiger partial charge in [0.1, 0.15) is 0 Å². The van der Waals surface area contributed by atoms with Crippen LogP contribution in [-0.4, -0.2) is 5.97 Å². The molecule has 0 aliphatic carbocycles. The van der Waals surface area contributed by atoms with Crippen molar-refractivity contribution in [2.75, 3.05) is 5.73 Å². The number of fused-ring (bicyclic) bond motifs is 1. The largest absolute Gasteiger partial charge is 0.449 e. The van der Waals surface area contributed by atoms with Gasteiger partial charge in [-0.2, -0.15) is 0 Å². The normalized spacial score (nSPS) is 17.4. The monoisotopic (exact) mass is 303 g/mol. The summed E-state index contributed by atoms with van der Waals surface area (Å²) < 4.78 is 6.18. The molecule has 1 aliphatic heterocycles. The first-order valence-electron chi connectivity index (χ1n) is 5.52. The molecule has 0 spiro atoms. The summed E-state index contributed by atoms with van der Waals surface area (Å²) in [5.74, 6) is -0.314. The molecule has 90 valence electrons. The van der Waals surface area contributed by atoms with Gasteiger partial charge in [-0.25, -0.2) is 4.79 Å². The lowest BCUT2D eigenvalue weighted by atomic mass is 9.98. The first kappa shape index (κ1) is 11.3. The van der Waals surface area contributed by atoms with E-state index in [2.05, 4.69) is 15.9 Å². The Balaban J connectivity index is 2.17. The molecule has 0 aromatic heterocycles. The second kappa shape index (κ2) is 4.14. The van der Waals surface area contributed by atoms with Crippen LogP contribution in [0.1, 0.15) is 27.6 Å². The Kier molecular flexibility index (Phi) is 2.59. The number of hydrogen-bond acceptors (Lipinski definition) is 3. The minimum atomic E-state index is -0.411. The molecule has 1 aliphatic rings. The van der Waals surface area contributed by atoms with E-state index >= 15 is 0 Å². The number of carbonyl (C=O) groups excluding carboxylic acids is 1. The highest BCUT2D eigenvalue weighted by Crippen LogP contribution is 2.40. The van der Waals surface area contributed by atoms with Crippen molar-refractivity contribution in [1.29, 1.82) is 0 Å². The Bertz CT molecular complexity index is 639. The molecule has 0 saturated heterocycles. The highest BCUT2D eigenvalue weighted by molar-refractivity contribution is 9.10. The predicted octanol–water partition coefficient (Wildman–Crippen LogP) is 3.29. The molecule has 0 radical (unpaired) electrons. The lowest BCUT2D eigenvalue weighted by molar-refractivity contribution is 0.0456. The van der Waals surface area contributed by atoms with Crippen LogP contribution < -0.4 is 5.73 Å². The van der Waals surface area contributed by atoms with E-state index < -0.39 is 6.10 Å². The highest BCUT2D eigenvalue weighted by atomic mass is 79.9. The zero-order valence-corrected chi connectivity index (χ0v) is 11.0. The number of cyclic esters (lactones) is 1. The maximum absolute atomic E-state index is 11.9. The third kappa shape index (κ3) is 1.61. The second-order valence-corrected chi connectivity index (χ2v) is 4.97. The van der Waals surface area contributed by atoms with E-state index in [1.165, 1.54) is 0 Å². The van der Waals surface area contributed by atoms with Gasteiger partial charge in [-0.15, -0.1) is 0 Å². The van der Waals surface area contributed by atoms with E-state index in [1.54, 1.807) is 6.07 Å². The maximum Gasteiger partial charge on any atom is 0.340 e. The number of carbonyl (C=O) groups is 1. The summed E-state index contributed by atoms with van der Waals surface area (Å²) in [5, 5.41) is 0. The molecule has 2 N–H and O–H groups in total.